The Morgan fingerprint density at radius 3 is 2.11 bits per heavy atom. The first kappa shape index (κ1) is 26.6. The van der Waals surface area contributed by atoms with Crippen molar-refractivity contribution in [2.24, 2.45) is 11.7 Å². The van der Waals surface area contributed by atoms with Gasteiger partial charge in [0.05, 0.1) is 0 Å². The summed E-state index contributed by atoms with van der Waals surface area (Å²) in [4.78, 5) is 18.8. The van der Waals surface area contributed by atoms with Crippen molar-refractivity contribution in [2.75, 3.05) is 26.2 Å². The van der Waals surface area contributed by atoms with Crippen molar-refractivity contribution >= 4 is 17.2 Å². The second-order valence-corrected chi connectivity index (χ2v) is 11.6. The molecular formula is C31H41N3OS. The third-order valence-corrected chi connectivity index (χ3v) is 8.70. The average Bonchev–Trinajstić information content (AvgIpc) is 3.54. The predicted octanol–water partition coefficient (Wildman–Crippen LogP) is 5.40. The van der Waals surface area contributed by atoms with Crippen LogP contribution in [0.4, 0.5) is 0 Å². The monoisotopic (exact) mass is 503 g/mol. The molecule has 1 fully saturated rings. The Balaban J connectivity index is 1.36. The van der Waals surface area contributed by atoms with Gasteiger partial charge in [-0.1, -0.05) is 74.5 Å². The molecule has 192 valence electrons. The summed E-state index contributed by atoms with van der Waals surface area (Å²) in [6.45, 7) is 8.44. The van der Waals surface area contributed by atoms with Gasteiger partial charge in [-0.2, -0.15) is 0 Å². The molecular weight excluding hydrogens is 462 g/mol. The number of nitrogens with one attached hydrogen (secondary N) is 1. The first-order chi connectivity index (χ1) is 17.5. The van der Waals surface area contributed by atoms with Gasteiger partial charge in [0.2, 0.25) is 5.91 Å². The van der Waals surface area contributed by atoms with Crippen molar-refractivity contribution in [3.05, 3.63) is 93.7 Å². The van der Waals surface area contributed by atoms with Crippen LogP contribution < -0.4 is 11.1 Å². The van der Waals surface area contributed by atoms with Crippen LogP contribution in [0.5, 0.6) is 0 Å². The summed E-state index contributed by atoms with van der Waals surface area (Å²) >= 11 is 1.97. The van der Waals surface area contributed by atoms with Gasteiger partial charge in [0.25, 0.3) is 0 Å². The zero-order valence-electron chi connectivity index (χ0n) is 21.8. The molecule has 0 bridgehead atoms. The summed E-state index contributed by atoms with van der Waals surface area (Å²) in [5.74, 6) is -0.0888. The fraction of sp³-hybridized carbons (Fsp3) is 0.452. The highest BCUT2D eigenvalue weighted by Crippen LogP contribution is 2.43. The molecule has 2 heterocycles. The molecule has 1 aliphatic rings. The van der Waals surface area contributed by atoms with Crippen LogP contribution in [0, 0.1) is 5.92 Å². The van der Waals surface area contributed by atoms with Crippen LogP contribution in [0.1, 0.15) is 54.0 Å². The Morgan fingerprint density at radius 2 is 1.56 bits per heavy atom. The second kappa shape index (κ2) is 12.7. The molecule has 3 aromatic rings. The fourth-order valence-corrected chi connectivity index (χ4v) is 6.84. The molecule has 4 rings (SSSR count). The van der Waals surface area contributed by atoms with E-state index in [9.17, 15) is 4.79 Å². The minimum atomic E-state index is -0.801. The van der Waals surface area contributed by atoms with E-state index >= 15 is 0 Å². The van der Waals surface area contributed by atoms with E-state index in [1.807, 2.05) is 47.7 Å². The second-order valence-electron chi connectivity index (χ2n) is 10.4. The Labute approximate surface area is 220 Å². The van der Waals surface area contributed by atoms with Crippen molar-refractivity contribution in [3.63, 3.8) is 0 Å². The number of carbonyl (C=O) groups excluding carboxylic acids is 1. The Bertz CT molecular complexity index is 1040. The zero-order chi connectivity index (χ0) is 25.4. The van der Waals surface area contributed by atoms with E-state index in [0.29, 0.717) is 6.04 Å². The van der Waals surface area contributed by atoms with Crippen molar-refractivity contribution < 1.29 is 4.79 Å². The summed E-state index contributed by atoms with van der Waals surface area (Å²) in [5.41, 5.74) is 7.45. The molecule has 1 saturated heterocycles. The van der Waals surface area contributed by atoms with Gasteiger partial charge in [0.1, 0.15) is 5.41 Å². The van der Waals surface area contributed by atoms with E-state index in [1.54, 1.807) is 0 Å². The van der Waals surface area contributed by atoms with Crippen molar-refractivity contribution in [3.8, 4) is 0 Å². The lowest BCUT2D eigenvalue weighted by molar-refractivity contribution is -0.123. The summed E-state index contributed by atoms with van der Waals surface area (Å²) in [5, 5.41) is 3.50. The van der Waals surface area contributed by atoms with Gasteiger partial charge in [0.15, 0.2) is 0 Å². The minimum Gasteiger partial charge on any atom is -0.369 e. The first-order valence-electron chi connectivity index (χ1n) is 13.4. The van der Waals surface area contributed by atoms with Crippen LogP contribution in [-0.2, 0) is 23.1 Å². The molecule has 1 aromatic heterocycles. The maximum atomic E-state index is 13.2. The molecule has 5 heteroatoms. The summed E-state index contributed by atoms with van der Waals surface area (Å²) < 4.78 is 0. The molecule has 1 aliphatic heterocycles. The smallest absolute Gasteiger partial charge is 0.232 e. The topological polar surface area (TPSA) is 58.4 Å². The highest BCUT2D eigenvalue weighted by Gasteiger charge is 2.49. The molecule has 1 amide bonds. The number of aryl methyl sites for hydroxylation is 2. The number of hydrogen-bond acceptors (Lipinski definition) is 4. The van der Waals surface area contributed by atoms with Crippen LogP contribution >= 0.6 is 11.3 Å². The molecule has 2 aromatic carbocycles. The average molecular weight is 504 g/mol. The van der Waals surface area contributed by atoms with E-state index in [2.05, 4.69) is 60.5 Å². The normalized spacial score (nSPS) is 16.6. The molecule has 0 spiro atoms. The van der Waals surface area contributed by atoms with E-state index in [-0.39, 0.29) is 11.8 Å². The van der Waals surface area contributed by atoms with Crippen molar-refractivity contribution in [1.82, 2.24) is 10.2 Å². The van der Waals surface area contributed by atoms with Crippen LogP contribution in [0.2, 0.25) is 0 Å². The number of amides is 1. The molecule has 3 N–H and O–H groups in total. The number of nitrogens with zero attached hydrogens (tertiary/aromatic N) is 1. The van der Waals surface area contributed by atoms with Gasteiger partial charge in [-0.25, -0.2) is 0 Å². The lowest BCUT2D eigenvalue weighted by Crippen LogP contribution is -2.49. The van der Waals surface area contributed by atoms with Gasteiger partial charge in [-0.3, -0.25) is 4.79 Å². The number of thiophene rings is 1. The lowest BCUT2D eigenvalue weighted by Gasteiger charge is -2.37. The first-order valence-corrected chi connectivity index (χ1v) is 14.3. The van der Waals surface area contributed by atoms with Crippen LogP contribution in [0.15, 0.2) is 72.8 Å². The number of hydrogen-bond donors (Lipinski definition) is 2. The van der Waals surface area contributed by atoms with Crippen LogP contribution in [-0.4, -0.2) is 43.0 Å². The molecule has 0 aliphatic carbocycles. The summed E-state index contributed by atoms with van der Waals surface area (Å²) in [6.07, 6.45) is 5.58. The minimum absolute atomic E-state index is 0.160. The third-order valence-electron chi connectivity index (χ3n) is 7.50. The molecule has 0 unspecified atom stereocenters. The summed E-state index contributed by atoms with van der Waals surface area (Å²) in [6, 6.07) is 25.5. The van der Waals surface area contributed by atoms with E-state index in [1.165, 1.54) is 16.2 Å². The predicted molar refractivity (Wildman–Crippen MR) is 152 cm³/mol. The standard InChI is InChI=1S/C31H41N3OS/c1-24(2)33-20-9-15-28-17-18-29(36-28)16-10-21-34-22-19-27(23-34)31(30(32)35,25-11-5-3-6-12-25)26-13-7-4-8-14-26/h3-8,11-14,17-18,24,27,33H,9-10,15-16,19-23H2,1-2H3,(H2,32,35)/t27-/m1/s1. The number of benzene rings is 2. The Morgan fingerprint density at radius 1 is 0.972 bits per heavy atom. The highest BCUT2D eigenvalue weighted by atomic mass is 32.1. The quantitative estimate of drug-likeness (QED) is 0.307. The number of likely N-dealkylation sites (tertiary alicyclic amines) is 1. The summed E-state index contributed by atoms with van der Waals surface area (Å²) in [7, 11) is 0. The van der Waals surface area contributed by atoms with Crippen LogP contribution in [0.3, 0.4) is 0 Å². The Hall–Kier alpha value is -2.47. The third kappa shape index (κ3) is 6.26. The van der Waals surface area contributed by atoms with Crippen molar-refractivity contribution in [2.45, 2.75) is 57.4 Å². The molecule has 1 atom stereocenters. The number of primary amides is 1. The number of rotatable bonds is 13. The van der Waals surface area contributed by atoms with Gasteiger partial charge in [-0.05, 0) is 80.9 Å². The SMILES string of the molecule is CC(C)NCCCc1ccc(CCCN2CC[C@@H](C(C(N)=O)(c3ccccc3)c3ccccc3)C2)s1. The highest BCUT2D eigenvalue weighted by molar-refractivity contribution is 7.11. The van der Waals surface area contributed by atoms with Gasteiger partial charge in [0, 0.05) is 22.3 Å². The largest absolute Gasteiger partial charge is 0.369 e. The zero-order valence-corrected chi connectivity index (χ0v) is 22.6. The molecule has 36 heavy (non-hydrogen) atoms. The maximum absolute atomic E-state index is 13.2. The van der Waals surface area contributed by atoms with Gasteiger partial charge < -0.3 is 16.0 Å². The van der Waals surface area contributed by atoms with E-state index in [4.69, 9.17) is 5.73 Å². The Kier molecular flexibility index (Phi) is 9.35. The molecule has 0 radical (unpaired) electrons. The maximum Gasteiger partial charge on any atom is 0.232 e. The van der Waals surface area contributed by atoms with Gasteiger partial charge >= 0.3 is 0 Å². The molecule has 0 saturated carbocycles. The van der Waals surface area contributed by atoms with E-state index in [0.717, 1.165) is 63.0 Å². The van der Waals surface area contributed by atoms with Gasteiger partial charge in [-0.15, -0.1) is 11.3 Å². The van der Waals surface area contributed by atoms with Crippen molar-refractivity contribution in [1.29, 1.82) is 0 Å². The number of nitrogens with two attached hydrogens (primary N) is 1. The fourth-order valence-electron chi connectivity index (χ4n) is 5.74. The number of carbonyl (C=O) groups is 1. The molecule has 4 nitrogen and oxygen atoms in total. The lowest BCUT2D eigenvalue weighted by atomic mass is 9.64. The van der Waals surface area contributed by atoms with Crippen LogP contribution in [0.25, 0.3) is 0 Å². The van der Waals surface area contributed by atoms with E-state index < -0.39 is 5.41 Å².